The van der Waals surface area contributed by atoms with Crippen molar-refractivity contribution >= 4 is 33.8 Å². The van der Waals surface area contributed by atoms with Crippen molar-refractivity contribution in [3.8, 4) is 5.69 Å². The van der Waals surface area contributed by atoms with E-state index in [2.05, 4.69) is 26.6 Å². The standard InChI is InChI=1S/C17H12N4S/c1-2-6-17-15(5-1)16(20-22-17)8-7-13-9-11-19-21(13)14-4-3-10-18-12-14/h1-12H/b8-7+. The molecule has 5 heteroatoms. The Morgan fingerprint density at radius 3 is 2.82 bits per heavy atom. The fraction of sp³-hybridized carbons (Fsp3) is 0. The van der Waals surface area contributed by atoms with Crippen molar-refractivity contribution in [2.24, 2.45) is 0 Å². The molecule has 0 saturated heterocycles. The summed E-state index contributed by atoms with van der Waals surface area (Å²) in [6.07, 6.45) is 9.39. The van der Waals surface area contributed by atoms with Gasteiger partial charge in [0.05, 0.1) is 34.2 Å². The number of rotatable bonds is 3. The van der Waals surface area contributed by atoms with Crippen LogP contribution in [-0.4, -0.2) is 19.1 Å². The maximum Gasteiger partial charge on any atom is 0.0847 e. The minimum atomic E-state index is 0.940. The van der Waals surface area contributed by atoms with Gasteiger partial charge in [0.25, 0.3) is 0 Å². The second kappa shape index (κ2) is 5.54. The Hall–Kier alpha value is -2.79. The molecule has 1 aromatic carbocycles. The average molecular weight is 304 g/mol. The van der Waals surface area contributed by atoms with E-state index in [9.17, 15) is 0 Å². The van der Waals surface area contributed by atoms with Gasteiger partial charge >= 0.3 is 0 Å². The Balaban J connectivity index is 1.71. The Morgan fingerprint density at radius 1 is 0.955 bits per heavy atom. The van der Waals surface area contributed by atoms with Gasteiger partial charge in [-0.3, -0.25) is 4.98 Å². The Labute approximate surface area is 131 Å². The van der Waals surface area contributed by atoms with E-state index < -0.39 is 0 Å². The fourth-order valence-electron chi connectivity index (χ4n) is 2.32. The van der Waals surface area contributed by atoms with Crippen LogP contribution in [0.1, 0.15) is 11.4 Å². The lowest BCUT2D eigenvalue weighted by Gasteiger charge is -2.02. The molecule has 22 heavy (non-hydrogen) atoms. The summed E-state index contributed by atoms with van der Waals surface area (Å²) in [7, 11) is 0. The van der Waals surface area contributed by atoms with Crippen LogP contribution in [0.4, 0.5) is 0 Å². The summed E-state index contributed by atoms with van der Waals surface area (Å²) >= 11 is 1.52. The number of benzene rings is 1. The lowest BCUT2D eigenvalue weighted by molar-refractivity contribution is 0.865. The minimum Gasteiger partial charge on any atom is -0.262 e. The second-order valence-corrected chi connectivity index (χ2v) is 5.58. The van der Waals surface area contributed by atoms with Crippen molar-refractivity contribution in [1.82, 2.24) is 19.1 Å². The van der Waals surface area contributed by atoms with Gasteiger partial charge in [-0.15, -0.1) is 0 Å². The molecule has 0 fully saturated rings. The van der Waals surface area contributed by atoms with E-state index in [4.69, 9.17) is 0 Å². The zero-order valence-electron chi connectivity index (χ0n) is 11.6. The lowest BCUT2D eigenvalue weighted by Crippen LogP contribution is -1.98. The first-order valence-corrected chi connectivity index (χ1v) is 7.66. The zero-order valence-corrected chi connectivity index (χ0v) is 12.4. The summed E-state index contributed by atoms with van der Waals surface area (Å²) in [6, 6.07) is 14.1. The third kappa shape index (κ3) is 2.31. The van der Waals surface area contributed by atoms with Gasteiger partial charge in [-0.1, -0.05) is 18.2 Å². The van der Waals surface area contributed by atoms with Crippen LogP contribution in [0.5, 0.6) is 0 Å². The molecule has 4 rings (SSSR count). The highest BCUT2D eigenvalue weighted by Crippen LogP contribution is 2.24. The minimum absolute atomic E-state index is 0.940. The topological polar surface area (TPSA) is 43.6 Å². The summed E-state index contributed by atoms with van der Waals surface area (Å²) in [6.45, 7) is 0. The van der Waals surface area contributed by atoms with E-state index in [1.807, 2.05) is 47.2 Å². The van der Waals surface area contributed by atoms with E-state index in [0.717, 1.165) is 17.1 Å². The summed E-state index contributed by atoms with van der Waals surface area (Å²) in [5.74, 6) is 0. The lowest BCUT2D eigenvalue weighted by atomic mass is 10.2. The Kier molecular flexibility index (Phi) is 3.25. The molecule has 0 aliphatic heterocycles. The SMILES string of the molecule is C(=C\c1ccnn1-c1cccnc1)/c1nsc2ccccc12. The van der Waals surface area contributed by atoms with Gasteiger partial charge in [-0.05, 0) is 47.9 Å². The molecule has 0 N–H and O–H groups in total. The molecular formula is C17H12N4S. The van der Waals surface area contributed by atoms with E-state index in [1.54, 1.807) is 18.6 Å². The molecule has 0 aliphatic rings. The predicted octanol–water partition coefficient (Wildman–Crippen LogP) is 4.05. The van der Waals surface area contributed by atoms with Crippen LogP contribution in [0.3, 0.4) is 0 Å². The highest BCUT2D eigenvalue weighted by molar-refractivity contribution is 7.13. The van der Waals surface area contributed by atoms with Crippen LogP contribution < -0.4 is 0 Å². The Morgan fingerprint density at radius 2 is 1.91 bits per heavy atom. The molecule has 106 valence electrons. The van der Waals surface area contributed by atoms with Gasteiger partial charge in [-0.2, -0.15) is 9.47 Å². The van der Waals surface area contributed by atoms with E-state index in [1.165, 1.54) is 21.6 Å². The van der Waals surface area contributed by atoms with Crippen molar-refractivity contribution in [3.05, 3.63) is 72.4 Å². The molecule has 0 atom stereocenters. The van der Waals surface area contributed by atoms with Gasteiger partial charge < -0.3 is 0 Å². The maximum atomic E-state index is 4.51. The van der Waals surface area contributed by atoms with Crippen molar-refractivity contribution in [2.45, 2.75) is 0 Å². The first-order chi connectivity index (χ1) is 10.9. The van der Waals surface area contributed by atoms with Crippen molar-refractivity contribution in [1.29, 1.82) is 0 Å². The molecule has 0 radical (unpaired) electrons. The molecule has 3 aromatic heterocycles. The third-order valence-corrected chi connectivity index (χ3v) is 4.22. The first kappa shape index (κ1) is 12.9. The second-order valence-electron chi connectivity index (χ2n) is 4.78. The number of nitrogens with zero attached hydrogens (tertiary/aromatic N) is 4. The first-order valence-electron chi connectivity index (χ1n) is 6.89. The fourth-order valence-corrected chi connectivity index (χ4v) is 3.09. The molecule has 0 amide bonds. The van der Waals surface area contributed by atoms with Crippen LogP contribution >= 0.6 is 11.5 Å². The number of fused-ring (bicyclic) bond motifs is 1. The van der Waals surface area contributed by atoms with Crippen molar-refractivity contribution < 1.29 is 0 Å². The van der Waals surface area contributed by atoms with Gasteiger partial charge in [0, 0.05) is 11.6 Å². The normalized spacial score (nSPS) is 11.5. The smallest absolute Gasteiger partial charge is 0.0847 e. The average Bonchev–Trinajstić information content (AvgIpc) is 3.20. The number of hydrogen-bond donors (Lipinski definition) is 0. The van der Waals surface area contributed by atoms with Crippen molar-refractivity contribution in [3.63, 3.8) is 0 Å². The summed E-state index contributed by atoms with van der Waals surface area (Å²) in [5, 5.41) is 5.53. The van der Waals surface area contributed by atoms with E-state index in [0.29, 0.717) is 0 Å². The van der Waals surface area contributed by atoms with Crippen LogP contribution in [0.2, 0.25) is 0 Å². The highest BCUT2D eigenvalue weighted by Gasteiger charge is 2.04. The number of pyridine rings is 1. The monoisotopic (exact) mass is 304 g/mol. The maximum absolute atomic E-state index is 4.51. The quantitative estimate of drug-likeness (QED) is 0.573. The molecule has 4 nitrogen and oxygen atoms in total. The van der Waals surface area contributed by atoms with Crippen LogP contribution in [-0.2, 0) is 0 Å². The van der Waals surface area contributed by atoms with Crippen LogP contribution in [0.25, 0.3) is 27.9 Å². The van der Waals surface area contributed by atoms with Crippen LogP contribution in [0, 0.1) is 0 Å². The number of hydrogen-bond acceptors (Lipinski definition) is 4. The van der Waals surface area contributed by atoms with Gasteiger partial charge in [0.2, 0.25) is 0 Å². The van der Waals surface area contributed by atoms with Gasteiger partial charge in [0.15, 0.2) is 0 Å². The number of aromatic nitrogens is 4. The molecule has 0 unspecified atom stereocenters. The van der Waals surface area contributed by atoms with Gasteiger partial charge in [0.1, 0.15) is 0 Å². The molecule has 0 spiro atoms. The summed E-state index contributed by atoms with van der Waals surface area (Å²) < 4.78 is 7.57. The largest absolute Gasteiger partial charge is 0.262 e. The Bertz CT molecular complexity index is 937. The highest BCUT2D eigenvalue weighted by atomic mass is 32.1. The molecule has 0 bridgehead atoms. The summed E-state index contributed by atoms with van der Waals surface area (Å²) in [4.78, 5) is 4.14. The molecule has 4 aromatic rings. The van der Waals surface area contributed by atoms with E-state index in [-0.39, 0.29) is 0 Å². The molecule has 0 aliphatic carbocycles. The third-order valence-electron chi connectivity index (χ3n) is 3.38. The molecular weight excluding hydrogens is 292 g/mol. The van der Waals surface area contributed by atoms with Gasteiger partial charge in [-0.25, -0.2) is 4.68 Å². The van der Waals surface area contributed by atoms with Crippen molar-refractivity contribution in [2.75, 3.05) is 0 Å². The molecule has 3 heterocycles. The summed E-state index contributed by atoms with van der Waals surface area (Å²) in [5.41, 5.74) is 2.92. The van der Waals surface area contributed by atoms with E-state index >= 15 is 0 Å². The van der Waals surface area contributed by atoms with Crippen LogP contribution in [0.15, 0.2) is 61.1 Å². The predicted molar refractivity (Wildman–Crippen MR) is 89.9 cm³/mol. The zero-order chi connectivity index (χ0) is 14.8. The molecule has 0 saturated carbocycles.